The zero-order valence-electron chi connectivity index (χ0n) is 28.8. The molecular formula is C38H50N2O7S. The first kappa shape index (κ1) is 36.9. The number of carbonyl (C=O) groups is 2. The third kappa shape index (κ3) is 9.17. The summed E-state index contributed by atoms with van der Waals surface area (Å²) in [5.41, 5.74) is 4.27. The summed E-state index contributed by atoms with van der Waals surface area (Å²) in [6.07, 6.45) is 4.73. The van der Waals surface area contributed by atoms with E-state index in [-0.39, 0.29) is 42.6 Å². The molecule has 3 unspecified atom stereocenters. The number of unbranched alkanes of at least 4 members (excludes halogenated alkanes) is 1. The number of aliphatic carboxylic acids is 2. The number of rotatable bonds is 16. The van der Waals surface area contributed by atoms with E-state index in [0.717, 1.165) is 60.0 Å². The molecule has 0 spiro atoms. The molecule has 3 atom stereocenters. The second-order valence-electron chi connectivity index (χ2n) is 13.6. The van der Waals surface area contributed by atoms with E-state index in [9.17, 15) is 18.0 Å². The van der Waals surface area contributed by atoms with Crippen LogP contribution in [0.5, 0.6) is 5.75 Å². The van der Waals surface area contributed by atoms with E-state index in [1.54, 1.807) is 6.07 Å². The lowest BCUT2D eigenvalue weighted by Gasteiger charge is -2.41. The number of anilines is 1. The average molecular weight is 679 g/mol. The van der Waals surface area contributed by atoms with Gasteiger partial charge in [0.1, 0.15) is 12.4 Å². The highest BCUT2D eigenvalue weighted by Gasteiger charge is 2.47. The molecule has 3 aromatic rings. The number of hydrogen-bond donors (Lipinski definition) is 2. The van der Waals surface area contributed by atoms with Crippen LogP contribution in [0.15, 0.2) is 71.6 Å². The number of carboxylic acids is 2. The Morgan fingerprint density at radius 2 is 1.52 bits per heavy atom. The van der Waals surface area contributed by atoms with Gasteiger partial charge in [-0.15, -0.1) is 0 Å². The summed E-state index contributed by atoms with van der Waals surface area (Å²) < 4.78 is 34.2. The van der Waals surface area contributed by atoms with E-state index >= 15 is 0 Å². The van der Waals surface area contributed by atoms with Gasteiger partial charge in [0.25, 0.3) is 0 Å². The summed E-state index contributed by atoms with van der Waals surface area (Å²) in [6, 6.07) is 21.3. The van der Waals surface area contributed by atoms with Gasteiger partial charge in [-0.25, -0.2) is 8.42 Å². The van der Waals surface area contributed by atoms with Gasteiger partial charge in [-0.1, -0.05) is 76.4 Å². The highest BCUT2D eigenvalue weighted by molar-refractivity contribution is 7.91. The number of ether oxygens (including phenoxy) is 1. The van der Waals surface area contributed by atoms with Crippen LogP contribution in [0, 0.1) is 11.3 Å². The van der Waals surface area contributed by atoms with Crippen LogP contribution >= 0.6 is 0 Å². The Labute approximate surface area is 285 Å². The van der Waals surface area contributed by atoms with E-state index in [1.165, 1.54) is 4.90 Å². The monoisotopic (exact) mass is 678 g/mol. The van der Waals surface area contributed by atoms with Gasteiger partial charge >= 0.3 is 11.9 Å². The third-order valence-electron chi connectivity index (χ3n) is 9.49. The van der Waals surface area contributed by atoms with E-state index in [2.05, 4.69) is 39.0 Å². The van der Waals surface area contributed by atoms with Crippen LogP contribution in [0.4, 0.5) is 5.69 Å². The van der Waals surface area contributed by atoms with Crippen molar-refractivity contribution in [3.05, 3.63) is 89.0 Å². The standard InChI is InChI=1S/C38H50N2O7S/c1-6-8-20-38(3)26-48(45,46)34-19-16-30(39(4)5)21-32(34)37(33(38)9-7-2)29-14-17-31(18-15-29)47-25-28-12-10-27(11-13-28)22-40(23-35(41)42)24-36(43)44/h10-19,21,33,37H,6-9,20,22-26H2,1-5H3,(H,41,42)(H,43,44). The Balaban J connectivity index is 1.60. The molecule has 0 aromatic heterocycles. The summed E-state index contributed by atoms with van der Waals surface area (Å²) in [5.74, 6) is -1.28. The molecular weight excluding hydrogens is 628 g/mol. The van der Waals surface area contributed by atoms with Gasteiger partial charge in [0.15, 0.2) is 9.84 Å². The molecule has 0 fully saturated rings. The Bertz CT molecular complexity index is 1640. The Kier molecular flexibility index (Phi) is 12.3. The first-order chi connectivity index (χ1) is 22.8. The lowest BCUT2D eigenvalue weighted by atomic mass is 9.64. The van der Waals surface area contributed by atoms with Crippen LogP contribution < -0.4 is 9.64 Å². The second-order valence-corrected chi connectivity index (χ2v) is 15.6. The van der Waals surface area contributed by atoms with Gasteiger partial charge in [0.05, 0.1) is 23.7 Å². The molecule has 1 heterocycles. The Morgan fingerprint density at radius 3 is 2.08 bits per heavy atom. The van der Waals surface area contributed by atoms with Gasteiger partial charge < -0.3 is 19.8 Å². The first-order valence-corrected chi connectivity index (χ1v) is 18.4. The maximum Gasteiger partial charge on any atom is 0.317 e. The number of carboxylic acid groups (broad SMARTS) is 2. The smallest absolute Gasteiger partial charge is 0.317 e. The number of hydrogen-bond acceptors (Lipinski definition) is 7. The van der Waals surface area contributed by atoms with Crippen LogP contribution in [0.3, 0.4) is 0 Å². The van der Waals surface area contributed by atoms with Gasteiger partial charge in [-0.05, 0) is 76.8 Å². The summed E-state index contributed by atoms with van der Waals surface area (Å²) in [5, 5.41) is 18.2. The van der Waals surface area contributed by atoms with Crippen molar-refractivity contribution < 1.29 is 33.0 Å². The zero-order chi connectivity index (χ0) is 35.1. The quantitative estimate of drug-likeness (QED) is 0.168. The normalized spacial score (nSPS) is 20.1. The number of fused-ring (bicyclic) bond motifs is 1. The SMILES string of the molecule is CCCCC1(C)CS(=O)(=O)c2ccc(N(C)C)cc2C(c2ccc(OCc3ccc(CN(CC(=O)O)CC(=O)O)cc3)cc2)C1CCC. The molecule has 0 bridgehead atoms. The molecule has 1 aliphatic heterocycles. The largest absolute Gasteiger partial charge is 0.489 e. The fraction of sp³-hybridized carbons (Fsp3) is 0.474. The van der Waals surface area contributed by atoms with Crippen LogP contribution in [0.2, 0.25) is 0 Å². The van der Waals surface area contributed by atoms with Crippen LogP contribution in [0.1, 0.15) is 81.0 Å². The zero-order valence-corrected chi connectivity index (χ0v) is 29.6. The number of sulfone groups is 1. The van der Waals surface area contributed by atoms with Crippen molar-refractivity contribution in [1.82, 2.24) is 4.90 Å². The highest BCUT2D eigenvalue weighted by atomic mass is 32.2. The van der Waals surface area contributed by atoms with Gasteiger partial charge in [-0.2, -0.15) is 0 Å². The van der Waals surface area contributed by atoms with Crippen molar-refractivity contribution in [2.24, 2.45) is 11.3 Å². The molecule has 0 aliphatic carbocycles. The fourth-order valence-corrected chi connectivity index (χ4v) is 9.34. The average Bonchev–Trinajstić information content (AvgIpc) is 3.09. The number of nitrogens with zero attached hydrogens (tertiary/aromatic N) is 2. The third-order valence-corrected chi connectivity index (χ3v) is 11.6. The van der Waals surface area contributed by atoms with Crippen molar-refractivity contribution in [2.45, 2.75) is 76.8 Å². The van der Waals surface area contributed by atoms with Crippen molar-refractivity contribution in [1.29, 1.82) is 0 Å². The van der Waals surface area contributed by atoms with Crippen molar-refractivity contribution >= 4 is 27.5 Å². The van der Waals surface area contributed by atoms with E-state index in [0.29, 0.717) is 17.3 Å². The number of benzene rings is 3. The molecule has 1 aliphatic rings. The van der Waals surface area contributed by atoms with Gasteiger partial charge in [0.2, 0.25) is 0 Å². The molecule has 3 aromatic carbocycles. The molecule has 48 heavy (non-hydrogen) atoms. The van der Waals surface area contributed by atoms with Crippen molar-refractivity contribution in [3.8, 4) is 5.75 Å². The summed E-state index contributed by atoms with van der Waals surface area (Å²) in [4.78, 5) is 26.1. The van der Waals surface area contributed by atoms with Crippen LogP contribution in [-0.4, -0.2) is 68.4 Å². The maximum absolute atomic E-state index is 14.0. The van der Waals surface area contributed by atoms with E-state index in [4.69, 9.17) is 14.9 Å². The van der Waals surface area contributed by atoms with E-state index in [1.807, 2.05) is 61.5 Å². The molecule has 0 saturated heterocycles. The Morgan fingerprint density at radius 1 is 0.896 bits per heavy atom. The van der Waals surface area contributed by atoms with Gasteiger partial charge in [0, 0.05) is 32.2 Å². The molecule has 0 radical (unpaired) electrons. The van der Waals surface area contributed by atoms with E-state index < -0.39 is 21.8 Å². The Hall–Kier alpha value is -3.89. The minimum Gasteiger partial charge on any atom is -0.489 e. The minimum atomic E-state index is -3.52. The second kappa shape index (κ2) is 16.0. The topological polar surface area (TPSA) is 124 Å². The summed E-state index contributed by atoms with van der Waals surface area (Å²) in [7, 11) is 0.435. The lowest BCUT2D eigenvalue weighted by molar-refractivity contribution is -0.142. The predicted octanol–water partition coefficient (Wildman–Crippen LogP) is 6.83. The van der Waals surface area contributed by atoms with Crippen LogP contribution in [-0.2, 0) is 32.6 Å². The van der Waals surface area contributed by atoms with Gasteiger partial charge in [-0.3, -0.25) is 14.5 Å². The summed E-state index contributed by atoms with van der Waals surface area (Å²) in [6.45, 7) is 6.33. The van der Waals surface area contributed by atoms with Crippen LogP contribution in [0.25, 0.3) is 0 Å². The van der Waals surface area contributed by atoms with Crippen molar-refractivity contribution in [2.75, 3.05) is 37.8 Å². The molecule has 260 valence electrons. The molecule has 9 nitrogen and oxygen atoms in total. The molecule has 0 saturated carbocycles. The van der Waals surface area contributed by atoms with Crippen molar-refractivity contribution in [3.63, 3.8) is 0 Å². The maximum atomic E-state index is 14.0. The molecule has 4 rings (SSSR count). The molecule has 2 N–H and O–H groups in total. The minimum absolute atomic E-state index is 0.0950. The first-order valence-electron chi connectivity index (χ1n) is 16.8. The lowest BCUT2D eigenvalue weighted by Crippen LogP contribution is -2.36. The highest BCUT2D eigenvalue weighted by Crippen LogP contribution is 2.53. The molecule has 10 heteroatoms. The predicted molar refractivity (Wildman–Crippen MR) is 188 cm³/mol. The fourth-order valence-electron chi connectivity index (χ4n) is 7.14. The molecule has 0 amide bonds. The summed E-state index contributed by atoms with van der Waals surface area (Å²) >= 11 is 0.